The fourth-order valence-corrected chi connectivity index (χ4v) is 3.50. The maximum atomic E-state index is 12.8. The lowest BCUT2D eigenvalue weighted by Crippen LogP contribution is -2.24. The van der Waals surface area contributed by atoms with Crippen molar-refractivity contribution in [3.8, 4) is 0 Å². The number of carbonyl (C=O) groups is 1. The zero-order valence-corrected chi connectivity index (χ0v) is 13.5. The second-order valence-electron chi connectivity index (χ2n) is 4.62. The van der Waals surface area contributed by atoms with Crippen LogP contribution in [0.1, 0.15) is 22.2 Å². The molecule has 0 bridgehead atoms. The Bertz CT molecular complexity index is 580. The van der Waals surface area contributed by atoms with Crippen LogP contribution in [-0.2, 0) is 23.5 Å². The van der Waals surface area contributed by atoms with E-state index in [9.17, 15) is 9.18 Å². The summed E-state index contributed by atoms with van der Waals surface area (Å²) in [5.74, 6) is 0.938. The maximum absolute atomic E-state index is 12.8. The molecule has 0 aliphatic rings. The Hall–Kier alpha value is -1.33. The number of thiophene rings is 1. The molecule has 0 fully saturated rings. The molecule has 0 aliphatic carbocycles. The first-order valence-corrected chi connectivity index (χ1v) is 8.81. The fraction of sp³-hybridized carbons (Fsp3) is 0.312. The predicted molar refractivity (Wildman–Crippen MR) is 88.1 cm³/mol. The molecule has 2 nitrogen and oxygen atoms in total. The van der Waals surface area contributed by atoms with Gasteiger partial charge in [0.25, 0.3) is 0 Å². The average Bonchev–Trinajstić information content (AvgIpc) is 2.95. The van der Waals surface area contributed by atoms with E-state index >= 15 is 0 Å². The van der Waals surface area contributed by atoms with Gasteiger partial charge in [0.2, 0.25) is 5.91 Å². The highest BCUT2D eigenvalue weighted by molar-refractivity contribution is 7.99. The van der Waals surface area contributed by atoms with E-state index in [4.69, 9.17) is 0 Å². The summed E-state index contributed by atoms with van der Waals surface area (Å²) in [5.41, 5.74) is 1.03. The Morgan fingerprint density at radius 2 is 1.90 bits per heavy atom. The molecule has 0 aliphatic heterocycles. The number of thioether (sulfide) groups is 1. The van der Waals surface area contributed by atoms with E-state index in [-0.39, 0.29) is 11.7 Å². The third-order valence-electron chi connectivity index (χ3n) is 2.94. The number of carbonyl (C=O) groups excluding carboxylic acids is 1. The normalized spacial score (nSPS) is 10.6. The van der Waals surface area contributed by atoms with Crippen LogP contribution in [0.5, 0.6) is 0 Å². The summed E-state index contributed by atoms with van der Waals surface area (Å²) in [7, 11) is 0. The smallest absolute Gasteiger partial charge is 0.230 e. The van der Waals surface area contributed by atoms with Gasteiger partial charge in [0, 0.05) is 15.5 Å². The van der Waals surface area contributed by atoms with Crippen LogP contribution in [0.15, 0.2) is 36.4 Å². The Morgan fingerprint density at radius 1 is 1.19 bits per heavy atom. The molecule has 21 heavy (non-hydrogen) atoms. The van der Waals surface area contributed by atoms with Crippen molar-refractivity contribution in [2.24, 2.45) is 0 Å². The molecular formula is C16H18FNOS2. The molecule has 0 atom stereocenters. The highest BCUT2D eigenvalue weighted by atomic mass is 32.2. The van der Waals surface area contributed by atoms with Crippen LogP contribution in [0, 0.1) is 5.82 Å². The van der Waals surface area contributed by atoms with Gasteiger partial charge in [-0.1, -0.05) is 19.1 Å². The van der Waals surface area contributed by atoms with Crippen molar-refractivity contribution in [2.45, 2.75) is 25.6 Å². The zero-order valence-electron chi connectivity index (χ0n) is 11.9. The Morgan fingerprint density at radius 3 is 2.57 bits per heavy atom. The van der Waals surface area contributed by atoms with Gasteiger partial charge in [0.05, 0.1) is 12.3 Å². The number of nitrogens with one attached hydrogen (secondary N) is 1. The van der Waals surface area contributed by atoms with Crippen LogP contribution in [0.3, 0.4) is 0 Å². The minimum Gasteiger partial charge on any atom is -0.350 e. The summed E-state index contributed by atoms with van der Waals surface area (Å²) < 4.78 is 12.8. The predicted octanol–water partition coefficient (Wildman–Crippen LogP) is 4.00. The highest BCUT2D eigenvalue weighted by Gasteiger charge is 2.04. The number of hydrogen-bond acceptors (Lipinski definition) is 3. The Labute approximate surface area is 132 Å². The molecular weight excluding hydrogens is 305 g/mol. The molecule has 1 aromatic heterocycles. The number of benzene rings is 1. The average molecular weight is 323 g/mol. The highest BCUT2D eigenvalue weighted by Crippen LogP contribution is 2.17. The van der Waals surface area contributed by atoms with Crippen molar-refractivity contribution in [3.05, 3.63) is 57.5 Å². The summed E-state index contributed by atoms with van der Waals surface area (Å²) >= 11 is 3.27. The number of rotatable bonds is 7. The molecule has 1 heterocycles. The number of amides is 1. The van der Waals surface area contributed by atoms with E-state index in [1.54, 1.807) is 23.5 Å². The first-order valence-electron chi connectivity index (χ1n) is 6.84. The van der Waals surface area contributed by atoms with Gasteiger partial charge in [0.1, 0.15) is 5.82 Å². The van der Waals surface area contributed by atoms with Crippen LogP contribution in [-0.4, -0.2) is 11.7 Å². The molecule has 1 N–H and O–H groups in total. The van der Waals surface area contributed by atoms with Crippen LogP contribution in [0.4, 0.5) is 4.39 Å². The fourth-order valence-electron chi connectivity index (χ4n) is 1.79. The first kappa shape index (κ1) is 16.0. The van der Waals surface area contributed by atoms with Crippen LogP contribution >= 0.6 is 23.1 Å². The summed E-state index contributed by atoms with van der Waals surface area (Å²) in [5, 5.41) is 2.92. The molecule has 2 aromatic rings. The molecule has 0 radical (unpaired) electrons. The summed E-state index contributed by atoms with van der Waals surface area (Å²) in [4.78, 5) is 14.3. The quantitative estimate of drug-likeness (QED) is 0.834. The van der Waals surface area contributed by atoms with Crippen molar-refractivity contribution in [2.75, 3.05) is 5.75 Å². The standard InChI is InChI=1S/C16H18FNOS2/c1-2-14-7-8-15(21-14)9-18-16(19)11-20-10-12-3-5-13(17)6-4-12/h3-8H,2,9-11H2,1H3,(H,18,19). The third-order valence-corrected chi connectivity index (χ3v) is 5.17. The summed E-state index contributed by atoms with van der Waals surface area (Å²) in [6.45, 7) is 2.72. The molecule has 0 unspecified atom stereocenters. The van der Waals surface area contributed by atoms with Crippen molar-refractivity contribution in [3.63, 3.8) is 0 Å². The van der Waals surface area contributed by atoms with Gasteiger partial charge >= 0.3 is 0 Å². The SMILES string of the molecule is CCc1ccc(CNC(=O)CSCc2ccc(F)cc2)s1. The van der Waals surface area contributed by atoms with E-state index in [1.165, 1.54) is 33.6 Å². The molecule has 0 saturated heterocycles. The molecule has 5 heteroatoms. The van der Waals surface area contributed by atoms with Gasteiger partial charge in [0.15, 0.2) is 0 Å². The van der Waals surface area contributed by atoms with Gasteiger partial charge in [-0.25, -0.2) is 4.39 Å². The van der Waals surface area contributed by atoms with E-state index < -0.39 is 0 Å². The lowest BCUT2D eigenvalue weighted by Gasteiger charge is -2.04. The number of halogens is 1. The van der Waals surface area contributed by atoms with Crippen LogP contribution in [0.25, 0.3) is 0 Å². The maximum Gasteiger partial charge on any atom is 0.230 e. The Balaban J connectivity index is 1.66. The second-order valence-corrected chi connectivity index (χ2v) is 6.86. The van der Waals surface area contributed by atoms with Gasteiger partial charge in [-0.05, 0) is 36.2 Å². The van der Waals surface area contributed by atoms with E-state index in [0.29, 0.717) is 18.1 Å². The number of aryl methyl sites for hydroxylation is 1. The van der Waals surface area contributed by atoms with E-state index in [2.05, 4.69) is 24.4 Å². The van der Waals surface area contributed by atoms with Gasteiger partial charge in [-0.3, -0.25) is 4.79 Å². The monoisotopic (exact) mass is 323 g/mol. The Kier molecular flexibility index (Phi) is 6.26. The lowest BCUT2D eigenvalue weighted by molar-refractivity contribution is -0.118. The second kappa shape index (κ2) is 8.20. The van der Waals surface area contributed by atoms with E-state index in [1.807, 2.05) is 0 Å². The van der Waals surface area contributed by atoms with E-state index in [0.717, 1.165) is 12.0 Å². The van der Waals surface area contributed by atoms with Crippen molar-refractivity contribution < 1.29 is 9.18 Å². The number of hydrogen-bond donors (Lipinski definition) is 1. The largest absolute Gasteiger partial charge is 0.350 e. The van der Waals surface area contributed by atoms with Gasteiger partial charge in [-0.15, -0.1) is 23.1 Å². The summed E-state index contributed by atoms with van der Waals surface area (Å²) in [6.07, 6.45) is 1.03. The van der Waals surface area contributed by atoms with Crippen molar-refractivity contribution in [1.29, 1.82) is 0 Å². The molecule has 1 aromatic carbocycles. The molecule has 0 saturated carbocycles. The first-order chi connectivity index (χ1) is 10.2. The van der Waals surface area contributed by atoms with Crippen molar-refractivity contribution >= 4 is 29.0 Å². The molecule has 2 rings (SSSR count). The van der Waals surface area contributed by atoms with Crippen LogP contribution < -0.4 is 5.32 Å². The topological polar surface area (TPSA) is 29.1 Å². The minimum absolute atomic E-state index is 0.0357. The molecule has 1 amide bonds. The van der Waals surface area contributed by atoms with Gasteiger partial charge < -0.3 is 5.32 Å². The zero-order chi connectivity index (χ0) is 15.1. The minimum atomic E-state index is -0.233. The molecule has 112 valence electrons. The lowest BCUT2D eigenvalue weighted by atomic mass is 10.2. The summed E-state index contributed by atoms with van der Waals surface area (Å²) in [6, 6.07) is 10.6. The molecule has 0 spiro atoms. The third kappa shape index (κ3) is 5.52. The van der Waals surface area contributed by atoms with Crippen molar-refractivity contribution in [1.82, 2.24) is 5.32 Å². The van der Waals surface area contributed by atoms with Crippen LogP contribution in [0.2, 0.25) is 0 Å². The van der Waals surface area contributed by atoms with Gasteiger partial charge in [-0.2, -0.15) is 0 Å².